The van der Waals surface area contributed by atoms with E-state index in [-0.39, 0.29) is 18.2 Å². The lowest BCUT2D eigenvalue weighted by Gasteiger charge is -2.23. The van der Waals surface area contributed by atoms with Crippen molar-refractivity contribution in [1.29, 1.82) is 0 Å². The Kier molecular flexibility index (Phi) is 3.66. The second-order valence-electron chi connectivity index (χ2n) is 4.64. The van der Waals surface area contributed by atoms with Crippen LogP contribution in [0.1, 0.15) is 6.92 Å². The van der Waals surface area contributed by atoms with E-state index in [1.165, 1.54) is 18.2 Å². The van der Waals surface area contributed by atoms with E-state index in [9.17, 15) is 12.8 Å². The molecular formula is C15H14FNO4S. The van der Waals surface area contributed by atoms with Crippen LogP contribution in [0.3, 0.4) is 0 Å². The van der Waals surface area contributed by atoms with Crippen molar-refractivity contribution in [2.45, 2.75) is 11.8 Å². The largest absolute Gasteiger partial charge is 0.454 e. The van der Waals surface area contributed by atoms with Gasteiger partial charge in [0.15, 0.2) is 11.5 Å². The van der Waals surface area contributed by atoms with Gasteiger partial charge in [0.2, 0.25) is 6.79 Å². The molecule has 3 rings (SSSR count). The molecule has 0 N–H and O–H groups in total. The molecule has 2 aromatic rings. The lowest BCUT2D eigenvalue weighted by molar-refractivity contribution is 0.174. The second-order valence-corrected chi connectivity index (χ2v) is 6.47. The predicted molar refractivity (Wildman–Crippen MR) is 79.2 cm³/mol. The number of benzene rings is 2. The molecule has 0 spiro atoms. The summed E-state index contributed by atoms with van der Waals surface area (Å²) in [5.41, 5.74) is 0.398. The quantitative estimate of drug-likeness (QED) is 0.868. The highest BCUT2D eigenvalue weighted by Gasteiger charge is 2.27. The summed E-state index contributed by atoms with van der Waals surface area (Å²) in [6.45, 7) is 1.95. The molecule has 0 saturated heterocycles. The number of hydrogen-bond donors (Lipinski definition) is 0. The van der Waals surface area contributed by atoms with Gasteiger partial charge < -0.3 is 9.47 Å². The summed E-state index contributed by atoms with van der Waals surface area (Å²) < 4.78 is 50.9. The molecule has 0 radical (unpaired) electrons. The zero-order chi connectivity index (χ0) is 15.7. The van der Waals surface area contributed by atoms with E-state index in [0.29, 0.717) is 17.2 Å². The van der Waals surface area contributed by atoms with Crippen LogP contribution in [0.25, 0.3) is 0 Å². The standard InChI is InChI=1S/C15H14FNO4S/c1-2-17(11-7-8-13-14(9-11)21-10-20-13)22(18,19)15-6-4-3-5-12(15)16/h3-9H,2,10H2,1H3. The van der Waals surface area contributed by atoms with Crippen LogP contribution in [0.5, 0.6) is 11.5 Å². The van der Waals surface area contributed by atoms with Crippen molar-refractivity contribution in [2.75, 3.05) is 17.6 Å². The molecule has 0 unspecified atom stereocenters. The zero-order valence-corrected chi connectivity index (χ0v) is 12.6. The zero-order valence-electron chi connectivity index (χ0n) is 11.8. The average molecular weight is 323 g/mol. The first-order valence-electron chi connectivity index (χ1n) is 6.71. The molecule has 2 aromatic carbocycles. The number of sulfonamides is 1. The first-order valence-corrected chi connectivity index (χ1v) is 8.15. The normalized spacial score (nSPS) is 13.2. The minimum atomic E-state index is -3.99. The monoisotopic (exact) mass is 323 g/mol. The van der Waals surface area contributed by atoms with Crippen LogP contribution in [0, 0.1) is 5.82 Å². The molecule has 7 heteroatoms. The summed E-state index contributed by atoms with van der Waals surface area (Å²) in [5.74, 6) is 0.254. The lowest BCUT2D eigenvalue weighted by atomic mass is 10.3. The van der Waals surface area contributed by atoms with Crippen molar-refractivity contribution in [1.82, 2.24) is 0 Å². The fourth-order valence-electron chi connectivity index (χ4n) is 2.30. The Bertz CT molecular complexity index is 807. The number of nitrogens with zero attached hydrogens (tertiary/aromatic N) is 1. The molecule has 0 bridgehead atoms. The summed E-state index contributed by atoms with van der Waals surface area (Å²) in [5, 5.41) is 0. The molecule has 1 heterocycles. The maximum Gasteiger partial charge on any atom is 0.267 e. The van der Waals surface area contributed by atoms with Crippen LogP contribution >= 0.6 is 0 Å². The third-order valence-electron chi connectivity index (χ3n) is 3.34. The topological polar surface area (TPSA) is 55.8 Å². The molecule has 0 aliphatic carbocycles. The number of ether oxygens (including phenoxy) is 2. The van der Waals surface area contributed by atoms with Crippen LogP contribution in [0.15, 0.2) is 47.4 Å². The number of hydrogen-bond acceptors (Lipinski definition) is 4. The molecule has 0 saturated carbocycles. The van der Waals surface area contributed by atoms with Crippen molar-refractivity contribution >= 4 is 15.7 Å². The van der Waals surface area contributed by atoms with Crippen molar-refractivity contribution in [2.24, 2.45) is 0 Å². The minimum Gasteiger partial charge on any atom is -0.454 e. The molecule has 1 aliphatic heterocycles. The van der Waals surface area contributed by atoms with E-state index >= 15 is 0 Å². The SMILES string of the molecule is CCN(c1ccc2c(c1)OCO2)S(=O)(=O)c1ccccc1F. The van der Waals surface area contributed by atoms with E-state index in [2.05, 4.69) is 0 Å². The highest BCUT2D eigenvalue weighted by atomic mass is 32.2. The van der Waals surface area contributed by atoms with Gasteiger partial charge >= 0.3 is 0 Å². The molecule has 0 atom stereocenters. The summed E-state index contributed by atoms with van der Waals surface area (Å²) in [4.78, 5) is -0.352. The third kappa shape index (κ3) is 2.37. The van der Waals surface area contributed by atoms with Gasteiger partial charge in [0, 0.05) is 12.6 Å². The van der Waals surface area contributed by atoms with Gasteiger partial charge in [-0.15, -0.1) is 0 Å². The fourth-order valence-corrected chi connectivity index (χ4v) is 3.84. The minimum absolute atomic E-state index is 0.102. The number of rotatable bonds is 4. The Morgan fingerprint density at radius 3 is 2.59 bits per heavy atom. The fraction of sp³-hybridized carbons (Fsp3) is 0.200. The lowest BCUT2D eigenvalue weighted by Crippen LogP contribution is -2.31. The Balaban J connectivity index is 2.06. The Morgan fingerprint density at radius 1 is 1.14 bits per heavy atom. The van der Waals surface area contributed by atoms with E-state index in [1.54, 1.807) is 25.1 Å². The maximum atomic E-state index is 13.9. The van der Waals surface area contributed by atoms with Gasteiger partial charge in [-0.25, -0.2) is 12.8 Å². The summed E-state index contributed by atoms with van der Waals surface area (Å²) in [7, 11) is -3.99. The van der Waals surface area contributed by atoms with Gasteiger partial charge in [-0.1, -0.05) is 12.1 Å². The summed E-state index contributed by atoms with van der Waals surface area (Å²) >= 11 is 0. The van der Waals surface area contributed by atoms with Gasteiger partial charge in [-0.3, -0.25) is 4.31 Å². The van der Waals surface area contributed by atoms with Gasteiger partial charge in [-0.2, -0.15) is 0 Å². The highest BCUT2D eigenvalue weighted by molar-refractivity contribution is 7.92. The molecule has 1 aliphatic rings. The summed E-state index contributed by atoms with van der Waals surface area (Å²) in [6.07, 6.45) is 0. The van der Waals surface area contributed by atoms with Crippen LogP contribution in [-0.4, -0.2) is 21.8 Å². The molecule has 0 amide bonds. The second kappa shape index (κ2) is 5.49. The van der Waals surface area contributed by atoms with E-state index in [1.807, 2.05) is 0 Å². The molecule has 0 aromatic heterocycles. The van der Waals surface area contributed by atoms with Gasteiger partial charge in [-0.05, 0) is 31.2 Å². The van der Waals surface area contributed by atoms with E-state index in [4.69, 9.17) is 9.47 Å². The molecule has 22 heavy (non-hydrogen) atoms. The predicted octanol–water partition coefficient (Wildman–Crippen LogP) is 2.77. The molecule has 0 fully saturated rings. The Morgan fingerprint density at radius 2 is 1.86 bits per heavy atom. The van der Waals surface area contributed by atoms with E-state index < -0.39 is 15.8 Å². The van der Waals surface area contributed by atoms with Crippen molar-refractivity contribution < 1.29 is 22.3 Å². The molecule has 116 valence electrons. The van der Waals surface area contributed by atoms with Crippen LogP contribution in [0.2, 0.25) is 0 Å². The van der Waals surface area contributed by atoms with E-state index in [0.717, 1.165) is 10.4 Å². The van der Waals surface area contributed by atoms with Crippen LogP contribution in [0.4, 0.5) is 10.1 Å². The summed E-state index contributed by atoms with van der Waals surface area (Å²) in [6, 6.07) is 10.1. The maximum absolute atomic E-state index is 13.9. The third-order valence-corrected chi connectivity index (χ3v) is 5.27. The van der Waals surface area contributed by atoms with Crippen LogP contribution in [-0.2, 0) is 10.0 Å². The van der Waals surface area contributed by atoms with Gasteiger partial charge in [0.1, 0.15) is 10.7 Å². The first kappa shape index (κ1) is 14.6. The highest BCUT2D eigenvalue weighted by Crippen LogP contribution is 2.37. The van der Waals surface area contributed by atoms with Gasteiger partial charge in [0.05, 0.1) is 5.69 Å². The van der Waals surface area contributed by atoms with Gasteiger partial charge in [0.25, 0.3) is 10.0 Å². The number of anilines is 1. The average Bonchev–Trinajstić information content (AvgIpc) is 2.95. The van der Waals surface area contributed by atoms with Crippen molar-refractivity contribution in [3.05, 3.63) is 48.3 Å². The van der Waals surface area contributed by atoms with Crippen molar-refractivity contribution in [3.63, 3.8) is 0 Å². The Labute approximate surface area is 127 Å². The molecule has 5 nitrogen and oxygen atoms in total. The number of halogens is 1. The number of fused-ring (bicyclic) bond motifs is 1. The first-order chi connectivity index (χ1) is 10.5. The smallest absolute Gasteiger partial charge is 0.267 e. The van der Waals surface area contributed by atoms with Crippen molar-refractivity contribution in [3.8, 4) is 11.5 Å². The Hall–Kier alpha value is -2.28. The van der Waals surface area contributed by atoms with Crippen LogP contribution < -0.4 is 13.8 Å². The molecular weight excluding hydrogens is 309 g/mol.